The predicted molar refractivity (Wildman–Crippen MR) is 130 cm³/mol. The van der Waals surface area contributed by atoms with Crippen molar-refractivity contribution >= 4 is 33.8 Å². The molecule has 0 atom stereocenters. The number of anilines is 2. The molecule has 1 aliphatic heterocycles. The number of benzene rings is 1. The maximum atomic E-state index is 15.4. The third-order valence-electron chi connectivity index (χ3n) is 5.94. The lowest BCUT2D eigenvalue weighted by Crippen LogP contribution is -2.20. The fraction of sp³-hybridized carbons (Fsp3) is 0.160. The summed E-state index contributed by atoms with van der Waals surface area (Å²) in [7, 11) is 0. The summed E-state index contributed by atoms with van der Waals surface area (Å²) in [4.78, 5) is 17.6. The summed E-state index contributed by atoms with van der Waals surface area (Å²) < 4.78 is 22.9. The standard InChI is InChI=1S/C25H21FN8O/c1-15-21(35-17-8-11-34-22(12-17)29-14-31-34)5-4-19(23(15)26)33-25-24-20(28-13-30-25)3-2-18(32-24)16-6-9-27-10-7-16/h2-6,8,11-14,27H,7,9-10H2,1H3,(H,28,30,33). The number of rotatable bonds is 5. The highest BCUT2D eigenvalue weighted by molar-refractivity contribution is 5.88. The molecule has 4 aromatic heterocycles. The minimum Gasteiger partial charge on any atom is -0.457 e. The molecule has 0 bridgehead atoms. The van der Waals surface area contributed by atoms with Crippen LogP contribution in [-0.2, 0) is 0 Å². The van der Waals surface area contributed by atoms with Crippen LogP contribution in [0.3, 0.4) is 0 Å². The van der Waals surface area contributed by atoms with Gasteiger partial charge in [0.25, 0.3) is 0 Å². The van der Waals surface area contributed by atoms with Crippen LogP contribution in [0, 0.1) is 12.7 Å². The monoisotopic (exact) mass is 468 g/mol. The van der Waals surface area contributed by atoms with Crippen molar-refractivity contribution in [3.05, 3.63) is 78.4 Å². The van der Waals surface area contributed by atoms with Crippen molar-refractivity contribution < 1.29 is 9.13 Å². The van der Waals surface area contributed by atoms with Gasteiger partial charge in [-0.25, -0.2) is 28.8 Å². The van der Waals surface area contributed by atoms with Gasteiger partial charge >= 0.3 is 0 Å². The minimum atomic E-state index is -0.435. The van der Waals surface area contributed by atoms with Crippen LogP contribution in [0.1, 0.15) is 17.7 Å². The Bertz CT molecular complexity index is 1600. The summed E-state index contributed by atoms with van der Waals surface area (Å²) in [6, 6.07) is 10.7. The maximum absolute atomic E-state index is 15.4. The highest BCUT2D eigenvalue weighted by Gasteiger charge is 2.16. The zero-order valence-corrected chi connectivity index (χ0v) is 18.9. The second-order valence-corrected chi connectivity index (χ2v) is 8.17. The summed E-state index contributed by atoms with van der Waals surface area (Å²) in [6.07, 6.45) is 7.67. The van der Waals surface area contributed by atoms with E-state index in [1.54, 1.807) is 41.9 Å². The van der Waals surface area contributed by atoms with E-state index in [1.165, 1.54) is 18.2 Å². The summed E-state index contributed by atoms with van der Waals surface area (Å²) in [5.74, 6) is 0.952. The Hall–Kier alpha value is -4.44. The molecule has 5 heterocycles. The van der Waals surface area contributed by atoms with Crippen LogP contribution < -0.4 is 15.4 Å². The van der Waals surface area contributed by atoms with Crippen LogP contribution in [0.5, 0.6) is 11.5 Å². The molecule has 5 aromatic rings. The molecular formula is C25H21FN8O. The van der Waals surface area contributed by atoms with Crippen LogP contribution in [0.15, 0.2) is 61.3 Å². The second-order valence-electron chi connectivity index (χ2n) is 8.17. The van der Waals surface area contributed by atoms with Crippen LogP contribution in [0.4, 0.5) is 15.9 Å². The van der Waals surface area contributed by atoms with E-state index in [2.05, 4.69) is 36.8 Å². The fourth-order valence-electron chi connectivity index (χ4n) is 4.05. The Morgan fingerprint density at radius 2 is 2.03 bits per heavy atom. The summed E-state index contributed by atoms with van der Waals surface area (Å²) in [5, 5.41) is 10.5. The van der Waals surface area contributed by atoms with Crippen molar-refractivity contribution in [2.75, 3.05) is 18.4 Å². The molecule has 10 heteroatoms. The van der Waals surface area contributed by atoms with Gasteiger partial charge in [-0.05, 0) is 55.8 Å². The Morgan fingerprint density at radius 3 is 2.91 bits per heavy atom. The van der Waals surface area contributed by atoms with Gasteiger partial charge in [-0.2, -0.15) is 5.10 Å². The molecule has 0 aliphatic carbocycles. The molecule has 6 rings (SSSR count). The van der Waals surface area contributed by atoms with Crippen molar-refractivity contribution in [2.24, 2.45) is 0 Å². The van der Waals surface area contributed by atoms with E-state index >= 15 is 4.39 Å². The first kappa shape index (κ1) is 21.1. The largest absolute Gasteiger partial charge is 0.457 e. The number of pyridine rings is 2. The third kappa shape index (κ3) is 4.04. The topological polar surface area (TPSA) is 102 Å². The first-order valence-electron chi connectivity index (χ1n) is 11.2. The zero-order chi connectivity index (χ0) is 23.8. The SMILES string of the molecule is Cc1c(Oc2ccn3ncnc3c2)ccc(Nc2ncnc3ccc(C4=CCNCC4)nc23)c1F. The van der Waals surface area contributed by atoms with Gasteiger partial charge in [0, 0.05) is 24.4 Å². The molecule has 0 amide bonds. The van der Waals surface area contributed by atoms with Crippen molar-refractivity contribution in [2.45, 2.75) is 13.3 Å². The molecule has 35 heavy (non-hydrogen) atoms. The van der Waals surface area contributed by atoms with E-state index in [0.29, 0.717) is 39.6 Å². The Kier molecular flexibility index (Phi) is 5.27. The number of hydrogen-bond acceptors (Lipinski definition) is 8. The summed E-state index contributed by atoms with van der Waals surface area (Å²) in [6.45, 7) is 3.40. The number of nitrogens with one attached hydrogen (secondary N) is 2. The average Bonchev–Trinajstić information content (AvgIpc) is 3.37. The van der Waals surface area contributed by atoms with Crippen molar-refractivity contribution in [1.29, 1.82) is 0 Å². The molecule has 0 radical (unpaired) electrons. The predicted octanol–water partition coefficient (Wildman–Crippen LogP) is 4.43. The smallest absolute Gasteiger partial charge is 0.160 e. The van der Waals surface area contributed by atoms with Crippen molar-refractivity contribution in [1.82, 2.24) is 34.9 Å². The van der Waals surface area contributed by atoms with Crippen LogP contribution in [0.2, 0.25) is 0 Å². The van der Waals surface area contributed by atoms with Gasteiger partial charge < -0.3 is 15.4 Å². The van der Waals surface area contributed by atoms with E-state index in [1.807, 2.05) is 12.1 Å². The Labute approximate surface area is 199 Å². The zero-order valence-electron chi connectivity index (χ0n) is 18.9. The van der Waals surface area contributed by atoms with Gasteiger partial charge in [0.05, 0.1) is 16.9 Å². The van der Waals surface area contributed by atoms with Gasteiger partial charge in [0.2, 0.25) is 0 Å². The molecule has 174 valence electrons. The third-order valence-corrected chi connectivity index (χ3v) is 5.94. The van der Waals surface area contributed by atoms with E-state index in [4.69, 9.17) is 9.72 Å². The van der Waals surface area contributed by atoms with Gasteiger partial charge in [0.15, 0.2) is 17.3 Å². The average molecular weight is 468 g/mol. The van der Waals surface area contributed by atoms with Gasteiger partial charge in [-0.3, -0.25) is 0 Å². The van der Waals surface area contributed by atoms with E-state index < -0.39 is 5.82 Å². The number of fused-ring (bicyclic) bond motifs is 2. The lowest BCUT2D eigenvalue weighted by molar-refractivity contribution is 0.471. The van der Waals surface area contributed by atoms with Crippen molar-refractivity contribution in [3.63, 3.8) is 0 Å². The maximum Gasteiger partial charge on any atom is 0.160 e. The Balaban J connectivity index is 1.31. The first-order valence-corrected chi connectivity index (χ1v) is 11.2. The molecule has 0 spiro atoms. The fourth-order valence-corrected chi connectivity index (χ4v) is 4.05. The van der Waals surface area contributed by atoms with Crippen LogP contribution in [0.25, 0.3) is 22.3 Å². The lowest BCUT2D eigenvalue weighted by Gasteiger charge is -2.15. The van der Waals surface area contributed by atoms with Gasteiger partial charge in [-0.15, -0.1) is 0 Å². The molecule has 0 unspecified atom stereocenters. The molecule has 1 aliphatic rings. The number of nitrogens with zero attached hydrogens (tertiary/aromatic N) is 6. The van der Waals surface area contributed by atoms with E-state index in [0.717, 1.165) is 25.2 Å². The second kappa shape index (κ2) is 8.73. The number of ether oxygens (including phenoxy) is 1. The number of halogens is 1. The van der Waals surface area contributed by atoms with Crippen LogP contribution in [-0.4, -0.2) is 42.6 Å². The van der Waals surface area contributed by atoms with Gasteiger partial charge in [0.1, 0.15) is 29.7 Å². The molecule has 0 fully saturated rings. The highest BCUT2D eigenvalue weighted by Crippen LogP contribution is 2.33. The summed E-state index contributed by atoms with van der Waals surface area (Å²) >= 11 is 0. The quantitative estimate of drug-likeness (QED) is 0.391. The molecule has 0 saturated carbocycles. The Morgan fingerprint density at radius 1 is 1.09 bits per heavy atom. The molecule has 1 aromatic carbocycles. The van der Waals surface area contributed by atoms with E-state index in [9.17, 15) is 0 Å². The minimum absolute atomic E-state index is 0.274. The normalized spacial score (nSPS) is 13.7. The van der Waals surface area contributed by atoms with Crippen LogP contribution >= 0.6 is 0 Å². The molecule has 9 nitrogen and oxygen atoms in total. The first-order chi connectivity index (χ1) is 17.2. The van der Waals surface area contributed by atoms with E-state index in [-0.39, 0.29) is 5.69 Å². The summed E-state index contributed by atoms with van der Waals surface area (Å²) in [5.41, 5.74) is 4.60. The molecule has 0 saturated heterocycles. The number of aromatic nitrogens is 6. The lowest BCUT2D eigenvalue weighted by atomic mass is 10.1. The van der Waals surface area contributed by atoms with Gasteiger partial charge in [-0.1, -0.05) is 6.08 Å². The van der Waals surface area contributed by atoms with Crippen molar-refractivity contribution in [3.8, 4) is 11.5 Å². The molecular weight excluding hydrogens is 447 g/mol. The highest BCUT2D eigenvalue weighted by atomic mass is 19.1. The number of hydrogen-bond donors (Lipinski definition) is 2. The molecule has 2 N–H and O–H groups in total.